The third-order valence-electron chi connectivity index (χ3n) is 0.134. The number of azide groups is 1. The van der Waals surface area contributed by atoms with Crippen LogP contribution in [-0.2, 0) is 0 Å². The SMILES string of the molecule is [N-]=[N+]=N[CH2][Sn]. The van der Waals surface area contributed by atoms with Gasteiger partial charge in [0, 0.05) is 0 Å². The third kappa shape index (κ3) is 4.11. The second-order valence-corrected chi connectivity index (χ2v) is 1.29. The fraction of sp³-hybridized carbons (Fsp3) is 1.00. The Bertz CT molecular complexity index is 53.9. The van der Waals surface area contributed by atoms with Gasteiger partial charge in [-0.15, -0.1) is 0 Å². The molecule has 4 heteroatoms. The molecular weight excluding hydrogens is 173 g/mol. The van der Waals surface area contributed by atoms with Gasteiger partial charge in [-0.25, -0.2) is 0 Å². The first-order valence-corrected chi connectivity index (χ1v) is 3.09. The summed E-state index contributed by atoms with van der Waals surface area (Å²) < 4.78 is 0.642. The molecule has 0 aromatic heterocycles. The van der Waals surface area contributed by atoms with Crippen LogP contribution in [0.5, 0.6) is 0 Å². The minimum atomic E-state index is 0.642. The Morgan fingerprint density at radius 1 is 2.00 bits per heavy atom. The van der Waals surface area contributed by atoms with E-state index in [0.717, 1.165) is 0 Å². The zero-order chi connectivity index (χ0) is 4.12. The summed E-state index contributed by atoms with van der Waals surface area (Å²) in [6.07, 6.45) is 0. The van der Waals surface area contributed by atoms with Crippen LogP contribution in [-0.4, -0.2) is 27.1 Å². The average molecular weight is 175 g/mol. The third-order valence-corrected chi connectivity index (χ3v) is 0.538. The van der Waals surface area contributed by atoms with Crippen molar-refractivity contribution in [3.05, 3.63) is 10.4 Å². The van der Waals surface area contributed by atoms with E-state index < -0.39 is 0 Å². The van der Waals surface area contributed by atoms with E-state index in [1.807, 2.05) is 0 Å². The van der Waals surface area contributed by atoms with Gasteiger partial charge in [0.1, 0.15) is 0 Å². The van der Waals surface area contributed by atoms with Crippen LogP contribution in [0.4, 0.5) is 0 Å². The Balaban J connectivity index is 2.93. The van der Waals surface area contributed by atoms with Gasteiger partial charge in [0.15, 0.2) is 0 Å². The van der Waals surface area contributed by atoms with E-state index in [0.29, 0.717) is 4.56 Å². The van der Waals surface area contributed by atoms with Gasteiger partial charge in [-0.3, -0.25) is 0 Å². The minimum absolute atomic E-state index is 0.642. The van der Waals surface area contributed by atoms with E-state index in [9.17, 15) is 0 Å². The second kappa shape index (κ2) is 4.11. The van der Waals surface area contributed by atoms with Crippen LogP contribution in [0.3, 0.4) is 0 Å². The Morgan fingerprint density at radius 2 is 2.60 bits per heavy atom. The van der Waals surface area contributed by atoms with Crippen LogP contribution in [0.1, 0.15) is 0 Å². The molecule has 0 fully saturated rings. The van der Waals surface area contributed by atoms with Crippen LogP contribution < -0.4 is 0 Å². The molecular formula is CH2N3Sn. The molecule has 3 nitrogen and oxygen atoms in total. The number of rotatable bonds is 1. The molecule has 3 radical (unpaired) electrons. The molecule has 0 amide bonds. The zero-order valence-electron chi connectivity index (χ0n) is 2.55. The van der Waals surface area contributed by atoms with Gasteiger partial charge in [0.2, 0.25) is 0 Å². The quantitative estimate of drug-likeness (QED) is 0.240. The van der Waals surface area contributed by atoms with Gasteiger partial charge in [0.05, 0.1) is 0 Å². The molecule has 0 aliphatic carbocycles. The molecule has 0 rings (SSSR count). The molecule has 0 aliphatic rings. The normalized spacial score (nSPS) is 5.80. The van der Waals surface area contributed by atoms with Crippen molar-refractivity contribution in [2.24, 2.45) is 5.11 Å². The molecule has 0 atom stereocenters. The number of hydrogen-bond donors (Lipinski definition) is 0. The molecule has 0 aromatic carbocycles. The molecule has 0 N–H and O–H groups in total. The first-order valence-electron chi connectivity index (χ1n) is 1.07. The summed E-state index contributed by atoms with van der Waals surface area (Å²) in [6.45, 7) is 0. The van der Waals surface area contributed by atoms with Crippen LogP contribution >= 0.6 is 0 Å². The molecule has 0 unspecified atom stereocenters. The summed E-state index contributed by atoms with van der Waals surface area (Å²) >= 11 is 1.26. The van der Waals surface area contributed by atoms with Crippen molar-refractivity contribution in [2.75, 3.05) is 4.56 Å². The average Bonchev–Trinajstić information content (AvgIpc) is 1.41. The molecule has 0 heterocycles. The van der Waals surface area contributed by atoms with E-state index in [4.69, 9.17) is 5.53 Å². The molecule has 0 saturated carbocycles. The zero-order valence-corrected chi connectivity index (χ0v) is 5.40. The van der Waals surface area contributed by atoms with Gasteiger partial charge in [0.25, 0.3) is 0 Å². The van der Waals surface area contributed by atoms with E-state index >= 15 is 0 Å². The van der Waals surface area contributed by atoms with E-state index in [1.165, 1.54) is 22.5 Å². The standard InChI is InChI=1S/CH2N3.Sn/c1-3-4-2;/h1H2;. The van der Waals surface area contributed by atoms with Crippen LogP contribution in [0.15, 0.2) is 5.11 Å². The monoisotopic (exact) mass is 176 g/mol. The predicted octanol–water partition coefficient (Wildman–Crippen LogP) is 0.423. The van der Waals surface area contributed by atoms with Gasteiger partial charge in [-0.2, -0.15) is 0 Å². The summed E-state index contributed by atoms with van der Waals surface area (Å²) in [4.78, 5) is 2.50. The van der Waals surface area contributed by atoms with Crippen molar-refractivity contribution < 1.29 is 0 Å². The fourth-order valence-corrected chi connectivity index (χ4v) is 0.212. The summed E-state index contributed by atoms with van der Waals surface area (Å²) in [5.41, 5.74) is 7.54. The van der Waals surface area contributed by atoms with Gasteiger partial charge in [-0.05, 0) is 0 Å². The summed E-state index contributed by atoms with van der Waals surface area (Å²) in [6, 6.07) is 0. The topological polar surface area (TPSA) is 48.8 Å². The van der Waals surface area contributed by atoms with Crippen molar-refractivity contribution in [3.8, 4) is 0 Å². The Morgan fingerprint density at radius 3 is 2.60 bits per heavy atom. The fourth-order valence-electron chi connectivity index (χ4n) is 0.0316. The number of hydrogen-bond acceptors (Lipinski definition) is 1. The van der Waals surface area contributed by atoms with Crippen LogP contribution in [0.2, 0.25) is 0 Å². The van der Waals surface area contributed by atoms with Crippen molar-refractivity contribution in [1.29, 1.82) is 0 Å². The number of nitrogens with zero attached hydrogens (tertiary/aromatic N) is 3. The Labute approximate surface area is 43.1 Å². The van der Waals surface area contributed by atoms with Gasteiger partial charge < -0.3 is 0 Å². The molecule has 5 heavy (non-hydrogen) atoms. The van der Waals surface area contributed by atoms with Gasteiger partial charge >= 0.3 is 42.6 Å². The van der Waals surface area contributed by atoms with Gasteiger partial charge in [-0.1, -0.05) is 0 Å². The Kier molecular flexibility index (Phi) is 4.20. The second-order valence-electron chi connectivity index (χ2n) is 0.389. The summed E-state index contributed by atoms with van der Waals surface area (Å²) in [5.74, 6) is 0. The Hall–Kier alpha value is 0.109. The van der Waals surface area contributed by atoms with Crippen LogP contribution in [0, 0.1) is 0 Å². The van der Waals surface area contributed by atoms with Crippen molar-refractivity contribution in [1.82, 2.24) is 0 Å². The summed E-state index contributed by atoms with van der Waals surface area (Å²) in [5, 5.41) is 3.19. The molecule has 0 saturated heterocycles. The maximum absolute atomic E-state index is 7.54. The first kappa shape index (κ1) is 5.11. The maximum atomic E-state index is 7.54. The molecule has 0 spiro atoms. The van der Waals surface area contributed by atoms with Crippen molar-refractivity contribution in [2.45, 2.75) is 0 Å². The van der Waals surface area contributed by atoms with E-state index in [1.54, 1.807) is 0 Å². The van der Waals surface area contributed by atoms with Crippen LogP contribution in [0.25, 0.3) is 10.4 Å². The van der Waals surface area contributed by atoms with E-state index in [-0.39, 0.29) is 0 Å². The first-order chi connectivity index (χ1) is 2.41. The van der Waals surface area contributed by atoms with Crippen molar-refractivity contribution >= 4 is 22.5 Å². The summed E-state index contributed by atoms with van der Waals surface area (Å²) in [7, 11) is 0. The molecule has 0 aliphatic heterocycles. The van der Waals surface area contributed by atoms with Crippen molar-refractivity contribution in [3.63, 3.8) is 0 Å². The molecule has 0 aromatic rings. The molecule has 25 valence electrons. The van der Waals surface area contributed by atoms with E-state index in [2.05, 4.69) is 10.0 Å². The molecule has 0 bridgehead atoms. The predicted molar refractivity (Wildman–Crippen MR) is 19.8 cm³/mol.